The van der Waals surface area contributed by atoms with Gasteiger partial charge in [-0.3, -0.25) is 4.79 Å². The van der Waals surface area contributed by atoms with Crippen molar-refractivity contribution in [3.8, 4) is 0 Å². The molecule has 0 aromatic rings. The summed E-state index contributed by atoms with van der Waals surface area (Å²) >= 11 is 0. The Bertz CT molecular complexity index is 257. The van der Waals surface area contributed by atoms with E-state index in [1.54, 1.807) is 0 Å². The summed E-state index contributed by atoms with van der Waals surface area (Å²) in [5.74, 6) is -1.42. The Hall–Kier alpha value is -1.30. The van der Waals surface area contributed by atoms with Crippen molar-refractivity contribution in [2.24, 2.45) is 11.8 Å². The zero-order chi connectivity index (χ0) is 14.0. The zero-order valence-corrected chi connectivity index (χ0v) is 11.5. The molecule has 0 aliphatic heterocycles. The van der Waals surface area contributed by atoms with Gasteiger partial charge in [0.25, 0.3) is 0 Å². The van der Waals surface area contributed by atoms with Gasteiger partial charge < -0.3 is 21.1 Å². The molecule has 6 heteroatoms. The molecule has 0 aromatic heterocycles. The molecule has 0 aromatic carbocycles. The molecular weight excluding hydrogens is 234 g/mol. The summed E-state index contributed by atoms with van der Waals surface area (Å²) in [6.07, 6.45) is 0.855. The quantitative estimate of drug-likeness (QED) is 0.457. The monoisotopic (exact) mass is 259 g/mol. The van der Waals surface area contributed by atoms with E-state index in [0.29, 0.717) is 6.54 Å². The Balaban J connectivity index is 3.71. The lowest BCUT2D eigenvalue weighted by atomic mass is 9.96. The topological polar surface area (TPSA) is 90.5 Å². The molecule has 0 saturated heterocycles. The zero-order valence-electron chi connectivity index (χ0n) is 11.5. The average molecular weight is 259 g/mol. The van der Waals surface area contributed by atoms with E-state index >= 15 is 0 Å². The van der Waals surface area contributed by atoms with Gasteiger partial charge >= 0.3 is 12.0 Å². The van der Waals surface area contributed by atoms with Crippen molar-refractivity contribution in [2.45, 2.75) is 27.2 Å². The lowest BCUT2D eigenvalue weighted by molar-refractivity contribution is -0.142. The third-order valence-electron chi connectivity index (χ3n) is 2.67. The predicted octanol–water partition coefficient (Wildman–Crippen LogP) is 0.642. The van der Waals surface area contributed by atoms with Crippen LogP contribution in [-0.4, -0.2) is 43.3 Å². The van der Waals surface area contributed by atoms with Crippen LogP contribution in [0, 0.1) is 11.8 Å². The number of nitrogens with one attached hydrogen (secondary N) is 3. The summed E-state index contributed by atoms with van der Waals surface area (Å²) in [6, 6.07) is -0.307. The van der Waals surface area contributed by atoms with Gasteiger partial charge in [0.15, 0.2) is 0 Å². The van der Waals surface area contributed by atoms with Crippen LogP contribution in [0.2, 0.25) is 0 Å². The second-order valence-corrected chi connectivity index (χ2v) is 4.53. The minimum absolute atomic E-state index is 0.00319. The van der Waals surface area contributed by atoms with Crippen molar-refractivity contribution in [3.05, 3.63) is 0 Å². The highest BCUT2D eigenvalue weighted by Crippen LogP contribution is 2.09. The Morgan fingerprint density at radius 1 is 1.17 bits per heavy atom. The van der Waals surface area contributed by atoms with Crippen LogP contribution in [0.4, 0.5) is 4.79 Å². The van der Waals surface area contributed by atoms with Gasteiger partial charge in [0, 0.05) is 13.1 Å². The standard InChI is InChI=1S/C12H25N3O3/c1-4-13-6-5-7-14-12(18)15-8-10(9(2)3)11(16)17/h9-10,13H,4-8H2,1-3H3,(H,16,17)(H2,14,15,18). The maximum Gasteiger partial charge on any atom is 0.314 e. The summed E-state index contributed by atoms with van der Waals surface area (Å²) in [6.45, 7) is 8.20. The van der Waals surface area contributed by atoms with E-state index in [-0.39, 0.29) is 18.5 Å². The largest absolute Gasteiger partial charge is 0.481 e. The SMILES string of the molecule is CCNCCCNC(=O)NCC(C(=O)O)C(C)C. The second kappa shape index (κ2) is 9.70. The fourth-order valence-electron chi connectivity index (χ4n) is 1.47. The molecule has 0 aliphatic carbocycles. The lowest BCUT2D eigenvalue weighted by Gasteiger charge is -2.16. The van der Waals surface area contributed by atoms with Gasteiger partial charge in [-0.15, -0.1) is 0 Å². The minimum atomic E-state index is -0.877. The molecule has 0 fully saturated rings. The van der Waals surface area contributed by atoms with Crippen LogP contribution in [0.25, 0.3) is 0 Å². The normalized spacial score (nSPS) is 12.2. The highest BCUT2D eigenvalue weighted by molar-refractivity contribution is 5.75. The van der Waals surface area contributed by atoms with Crippen molar-refractivity contribution in [3.63, 3.8) is 0 Å². The molecule has 106 valence electrons. The second-order valence-electron chi connectivity index (χ2n) is 4.53. The molecular formula is C12H25N3O3. The molecule has 0 heterocycles. The van der Waals surface area contributed by atoms with Crippen LogP contribution in [0.15, 0.2) is 0 Å². The number of carboxylic acid groups (broad SMARTS) is 1. The number of urea groups is 1. The van der Waals surface area contributed by atoms with Gasteiger partial charge in [0.2, 0.25) is 0 Å². The molecule has 6 nitrogen and oxygen atoms in total. The highest BCUT2D eigenvalue weighted by atomic mass is 16.4. The van der Waals surface area contributed by atoms with Crippen molar-refractivity contribution in [1.29, 1.82) is 0 Å². The molecule has 4 N–H and O–H groups in total. The summed E-state index contributed by atoms with van der Waals surface area (Å²) in [5.41, 5.74) is 0. The van der Waals surface area contributed by atoms with E-state index in [0.717, 1.165) is 19.5 Å². The number of carbonyl (C=O) groups excluding carboxylic acids is 1. The van der Waals surface area contributed by atoms with Gasteiger partial charge in [-0.05, 0) is 25.4 Å². The van der Waals surface area contributed by atoms with Crippen LogP contribution in [0.3, 0.4) is 0 Å². The number of hydrogen-bond donors (Lipinski definition) is 4. The Morgan fingerprint density at radius 2 is 1.83 bits per heavy atom. The van der Waals surface area contributed by atoms with Crippen LogP contribution in [0.1, 0.15) is 27.2 Å². The van der Waals surface area contributed by atoms with Gasteiger partial charge in [0.1, 0.15) is 0 Å². The molecule has 0 rings (SSSR count). The number of carboxylic acids is 1. The van der Waals surface area contributed by atoms with E-state index in [1.165, 1.54) is 0 Å². The van der Waals surface area contributed by atoms with Gasteiger partial charge in [-0.2, -0.15) is 0 Å². The first-order valence-electron chi connectivity index (χ1n) is 6.44. The number of rotatable bonds is 9. The maximum atomic E-state index is 11.4. The van der Waals surface area contributed by atoms with Crippen LogP contribution in [-0.2, 0) is 4.79 Å². The average Bonchev–Trinajstić information content (AvgIpc) is 2.28. The molecule has 1 unspecified atom stereocenters. The summed E-state index contributed by atoms with van der Waals surface area (Å²) < 4.78 is 0. The summed E-state index contributed by atoms with van der Waals surface area (Å²) in [4.78, 5) is 22.3. The van der Waals surface area contributed by atoms with Crippen molar-refractivity contribution in [2.75, 3.05) is 26.2 Å². The third-order valence-corrected chi connectivity index (χ3v) is 2.67. The number of hydrogen-bond acceptors (Lipinski definition) is 3. The molecule has 0 aliphatic rings. The van der Waals surface area contributed by atoms with E-state index in [4.69, 9.17) is 5.11 Å². The van der Waals surface area contributed by atoms with E-state index in [9.17, 15) is 9.59 Å². The summed E-state index contributed by atoms with van der Waals surface area (Å²) in [5, 5.41) is 17.4. The van der Waals surface area contributed by atoms with Gasteiger partial charge in [-0.25, -0.2) is 4.79 Å². The Kier molecular flexibility index (Phi) is 9.00. The fourth-order valence-corrected chi connectivity index (χ4v) is 1.47. The molecule has 0 spiro atoms. The third kappa shape index (κ3) is 7.89. The summed E-state index contributed by atoms with van der Waals surface area (Å²) in [7, 11) is 0. The van der Waals surface area contributed by atoms with Crippen LogP contribution < -0.4 is 16.0 Å². The fraction of sp³-hybridized carbons (Fsp3) is 0.833. The smallest absolute Gasteiger partial charge is 0.314 e. The molecule has 1 atom stereocenters. The number of amides is 2. The Labute approximate surface area is 109 Å². The first kappa shape index (κ1) is 16.7. The van der Waals surface area contributed by atoms with E-state index in [2.05, 4.69) is 16.0 Å². The lowest BCUT2D eigenvalue weighted by Crippen LogP contribution is -2.41. The minimum Gasteiger partial charge on any atom is -0.481 e. The Morgan fingerprint density at radius 3 is 2.33 bits per heavy atom. The van der Waals surface area contributed by atoms with Crippen molar-refractivity contribution < 1.29 is 14.7 Å². The van der Waals surface area contributed by atoms with Crippen LogP contribution in [0.5, 0.6) is 0 Å². The van der Waals surface area contributed by atoms with Crippen molar-refractivity contribution in [1.82, 2.24) is 16.0 Å². The van der Waals surface area contributed by atoms with E-state index < -0.39 is 11.9 Å². The van der Waals surface area contributed by atoms with Crippen LogP contribution >= 0.6 is 0 Å². The predicted molar refractivity (Wildman–Crippen MR) is 70.5 cm³/mol. The molecule has 0 saturated carbocycles. The van der Waals surface area contributed by atoms with Crippen molar-refractivity contribution >= 4 is 12.0 Å². The molecule has 2 amide bonds. The van der Waals surface area contributed by atoms with Gasteiger partial charge in [0.05, 0.1) is 5.92 Å². The highest BCUT2D eigenvalue weighted by Gasteiger charge is 2.21. The first-order valence-corrected chi connectivity index (χ1v) is 6.44. The molecule has 0 bridgehead atoms. The van der Waals surface area contributed by atoms with Gasteiger partial charge in [-0.1, -0.05) is 20.8 Å². The molecule has 18 heavy (non-hydrogen) atoms. The van der Waals surface area contributed by atoms with E-state index in [1.807, 2.05) is 20.8 Å². The first-order chi connectivity index (χ1) is 8.49. The maximum absolute atomic E-state index is 11.4. The number of carbonyl (C=O) groups is 2. The number of aliphatic carboxylic acids is 1. The molecule has 0 radical (unpaired) electrons.